The van der Waals surface area contributed by atoms with Crippen molar-refractivity contribution in [2.45, 2.75) is 19.3 Å². The first-order valence-corrected chi connectivity index (χ1v) is 23.0. The molecule has 2 aromatic heterocycles. The zero-order valence-electron chi connectivity index (χ0n) is 35.6. The molecule has 3 heteroatoms. The smallest absolute Gasteiger partial charge is 0.0641 e. The largest absolute Gasteiger partial charge is 0.310 e. The minimum Gasteiger partial charge on any atom is -0.310 e. The Morgan fingerprint density at radius 2 is 1.05 bits per heavy atom. The highest BCUT2D eigenvalue weighted by Gasteiger charge is 2.36. The average molecular weight is 835 g/mol. The molecule has 2 nitrogen and oxygen atoms in total. The summed E-state index contributed by atoms with van der Waals surface area (Å²) in [4.78, 5) is 2.46. The first-order chi connectivity index (χ1) is 31.5. The molecule has 0 fully saturated rings. The van der Waals surface area contributed by atoms with E-state index in [1.807, 2.05) is 11.3 Å². The molecular formula is C61H42N2S. The summed E-state index contributed by atoms with van der Waals surface area (Å²) >= 11 is 1.89. The van der Waals surface area contributed by atoms with Crippen molar-refractivity contribution >= 4 is 81.1 Å². The second-order valence-electron chi connectivity index (χ2n) is 17.7. The Labute approximate surface area is 376 Å². The highest BCUT2D eigenvalue weighted by molar-refractivity contribution is 7.26. The molecule has 0 aliphatic heterocycles. The van der Waals surface area contributed by atoms with E-state index in [-0.39, 0.29) is 5.41 Å². The van der Waals surface area contributed by atoms with Crippen LogP contribution in [0.5, 0.6) is 0 Å². The highest BCUT2D eigenvalue weighted by Crippen LogP contribution is 2.52. The summed E-state index contributed by atoms with van der Waals surface area (Å²) < 4.78 is 5.17. The zero-order valence-corrected chi connectivity index (χ0v) is 36.4. The summed E-state index contributed by atoms with van der Waals surface area (Å²) in [5.74, 6) is 0. The monoisotopic (exact) mass is 834 g/mol. The molecule has 0 unspecified atom stereocenters. The van der Waals surface area contributed by atoms with Crippen LogP contribution in [0.1, 0.15) is 25.0 Å². The summed E-state index contributed by atoms with van der Waals surface area (Å²) in [5, 5.41) is 7.54. The number of benzene rings is 10. The maximum Gasteiger partial charge on any atom is 0.0641 e. The van der Waals surface area contributed by atoms with Crippen molar-refractivity contribution in [3.05, 3.63) is 230 Å². The van der Waals surface area contributed by atoms with Gasteiger partial charge in [-0.15, -0.1) is 11.3 Å². The lowest BCUT2D eigenvalue weighted by Crippen LogP contribution is -2.16. The third kappa shape index (κ3) is 5.51. The van der Waals surface area contributed by atoms with Gasteiger partial charge in [-0.05, 0) is 104 Å². The van der Waals surface area contributed by atoms with Gasteiger partial charge in [0.15, 0.2) is 0 Å². The molecule has 0 bridgehead atoms. The molecule has 10 aromatic carbocycles. The fraction of sp³-hybridized carbons (Fsp3) is 0.0492. The Balaban J connectivity index is 1.12. The molecular weight excluding hydrogens is 793 g/mol. The standard InChI is InChI=1S/C61H42N2S/c1-61(2)53-25-13-11-22-47(53)48-34-32-44(37-54(48)61)62(43-30-28-40(29-31-43)39-16-5-3-6-17-39)45-33-35-51-56(38-45)63(55-26-15-24-50-49-23-12-14-27-57(49)64-60(50)55)59-46-21-10-9-20-42(46)36-52(58(51)59)41-18-7-4-8-19-41/h3-38H,1-2H3. The highest BCUT2D eigenvalue weighted by atomic mass is 32.1. The molecule has 1 aliphatic carbocycles. The second-order valence-corrected chi connectivity index (χ2v) is 18.7. The molecule has 0 saturated carbocycles. The van der Waals surface area contributed by atoms with Gasteiger partial charge >= 0.3 is 0 Å². The third-order valence-corrected chi connectivity index (χ3v) is 15.0. The number of aromatic nitrogens is 1. The number of hydrogen-bond donors (Lipinski definition) is 0. The quantitative estimate of drug-likeness (QED) is 0.162. The van der Waals surface area contributed by atoms with Crippen LogP contribution in [-0.4, -0.2) is 4.57 Å². The van der Waals surface area contributed by atoms with Crippen LogP contribution >= 0.6 is 11.3 Å². The SMILES string of the molecule is CC1(C)c2ccccc2-c2ccc(N(c3ccc(-c4ccccc4)cc3)c3ccc4c5c(-c6ccccc6)cc6ccccc6c5n(-c5cccc6c5sc5ccccc56)c4c3)cc21. The summed E-state index contributed by atoms with van der Waals surface area (Å²) in [6, 6.07) is 80.9. The molecule has 0 radical (unpaired) electrons. The van der Waals surface area contributed by atoms with Gasteiger partial charge in [-0.1, -0.05) is 178 Å². The summed E-state index contributed by atoms with van der Waals surface area (Å²) in [5.41, 5.74) is 17.0. The molecule has 0 amide bonds. The van der Waals surface area contributed by atoms with E-state index in [1.54, 1.807) is 0 Å². The van der Waals surface area contributed by atoms with E-state index in [0.29, 0.717) is 0 Å². The Morgan fingerprint density at radius 1 is 0.422 bits per heavy atom. The number of thiophene rings is 1. The van der Waals surface area contributed by atoms with Gasteiger partial charge in [-0.3, -0.25) is 0 Å². The van der Waals surface area contributed by atoms with Gasteiger partial charge in [-0.25, -0.2) is 0 Å². The molecule has 0 atom stereocenters. The first kappa shape index (κ1) is 36.9. The predicted octanol–water partition coefficient (Wildman–Crippen LogP) is 17.4. The first-order valence-electron chi connectivity index (χ1n) is 22.2. The van der Waals surface area contributed by atoms with Gasteiger partial charge in [-0.2, -0.15) is 0 Å². The zero-order chi connectivity index (χ0) is 42.5. The van der Waals surface area contributed by atoms with Gasteiger partial charge in [0.1, 0.15) is 0 Å². The van der Waals surface area contributed by atoms with Crippen molar-refractivity contribution in [3.63, 3.8) is 0 Å². The Morgan fingerprint density at radius 3 is 1.88 bits per heavy atom. The van der Waals surface area contributed by atoms with Gasteiger partial charge in [0, 0.05) is 54.1 Å². The minimum absolute atomic E-state index is 0.140. The Kier molecular flexibility index (Phi) is 8.16. The molecule has 302 valence electrons. The van der Waals surface area contributed by atoms with Crippen molar-refractivity contribution in [2.75, 3.05) is 4.90 Å². The summed E-state index contributed by atoms with van der Waals surface area (Å²) in [6.07, 6.45) is 0. The fourth-order valence-corrected chi connectivity index (χ4v) is 11.9. The van der Waals surface area contributed by atoms with E-state index in [2.05, 4.69) is 242 Å². The number of nitrogens with zero attached hydrogens (tertiary/aromatic N) is 2. The van der Waals surface area contributed by atoms with Crippen LogP contribution in [0, 0.1) is 0 Å². The van der Waals surface area contributed by atoms with Crippen molar-refractivity contribution < 1.29 is 0 Å². The van der Waals surface area contributed by atoms with E-state index in [1.165, 1.54) is 103 Å². The van der Waals surface area contributed by atoms with E-state index < -0.39 is 0 Å². The van der Waals surface area contributed by atoms with Crippen LogP contribution in [0.4, 0.5) is 17.1 Å². The third-order valence-electron chi connectivity index (χ3n) is 13.8. The van der Waals surface area contributed by atoms with Crippen molar-refractivity contribution in [3.8, 4) is 39.1 Å². The van der Waals surface area contributed by atoms with E-state index in [4.69, 9.17) is 0 Å². The van der Waals surface area contributed by atoms with Crippen molar-refractivity contribution in [2.24, 2.45) is 0 Å². The molecule has 1 aliphatic rings. The molecule has 0 saturated heterocycles. The fourth-order valence-electron chi connectivity index (χ4n) is 10.7. The lowest BCUT2D eigenvalue weighted by atomic mass is 9.82. The van der Waals surface area contributed by atoms with Gasteiger partial charge in [0.25, 0.3) is 0 Å². The summed E-state index contributed by atoms with van der Waals surface area (Å²) in [7, 11) is 0. The van der Waals surface area contributed by atoms with Crippen LogP contribution in [0.2, 0.25) is 0 Å². The van der Waals surface area contributed by atoms with Crippen LogP contribution in [0.3, 0.4) is 0 Å². The lowest BCUT2D eigenvalue weighted by Gasteiger charge is -2.28. The molecule has 64 heavy (non-hydrogen) atoms. The maximum absolute atomic E-state index is 2.58. The number of fused-ring (bicyclic) bond motifs is 11. The van der Waals surface area contributed by atoms with E-state index >= 15 is 0 Å². The summed E-state index contributed by atoms with van der Waals surface area (Å²) in [6.45, 7) is 4.74. The van der Waals surface area contributed by atoms with Gasteiger partial charge in [0.2, 0.25) is 0 Å². The minimum atomic E-state index is -0.140. The van der Waals surface area contributed by atoms with Crippen LogP contribution in [0.25, 0.3) is 91.8 Å². The Hall–Kier alpha value is -7.72. The maximum atomic E-state index is 2.58. The number of hydrogen-bond acceptors (Lipinski definition) is 2. The Bertz CT molecular complexity index is 3800. The number of anilines is 3. The molecule has 0 N–H and O–H groups in total. The molecule has 13 rings (SSSR count). The molecule has 12 aromatic rings. The van der Waals surface area contributed by atoms with Crippen molar-refractivity contribution in [1.82, 2.24) is 4.57 Å². The average Bonchev–Trinajstić information content (AvgIpc) is 3.98. The van der Waals surface area contributed by atoms with E-state index in [9.17, 15) is 0 Å². The van der Waals surface area contributed by atoms with Crippen LogP contribution < -0.4 is 4.90 Å². The van der Waals surface area contributed by atoms with Gasteiger partial charge < -0.3 is 9.47 Å². The van der Waals surface area contributed by atoms with Crippen LogP contribution in [0.15, 0.2) is 218 Å². The van der Waals surface area contributed by atoms with Crippen LogP contribution in [-0.2, 0) is 5.41 Å². The lowest BCUT2D eigenvalue weighted by molar-refractivity contribution is 0.660. The normalized spacial score (nSPS) is 13.0. The van der Waals surface area contributed by atoms with Gasteiger partial charge in [0.05, 0.1) is 21.4 Å². The number of rotatable bonds is 6. The second kappa shape index (κ2) is 14.2. The molecule has 2 heterocycles. The predicted molar refractivity (Wildman–Crippen MR) is 274 cm³/mol. The topological polar surface area (TPSA) is 8.17 Å². The molecule has 0 spiro atoms. The van der Waals surface area contributed by atoms with Crippen molar-refractivity contribution in [1.29, 1.82) is 0 Å². The van der Waals surface area contributed by atoms with E-state index in [0.717, 1.165) is 17.1 Å².